The number of hydrogen-bond donors (Lipinski definition) is 0. The van der Waals surface area contributed by atoms with Crippen LogP contribution in [0.4, 0.5) is 0 Å². The molecule has 0 amide bonds. The highest BCUT2D eigenvalue weighted by Crippen LogP contribution is 2.24. The van der Waals surface area contributed by atoms with Gasteiger partial charge in [0.2, 0.25) is 5.69 Å². The maximum absolute atomic E-state index is 2.29. The van der Waals surface area contributed by atoms with Gasteiger partial charge in [-0.25, -0.2) is 4.57 Å². The van der Waals surface area contributed by atoms with E-state index in [0.717, 1.165) is 6.42 Å². The van der Waals surface area contributed by atoms with Crippen LogP contribution in [0.15, 0.2) is 54.7 Å². The largest absolute Gasteiger partial charge is 0.213 e. The highest BCUT2D eigenvalue weighted by atomic mass is 14.9. The van der Waals surface area contributed by atoms with Gasteiger partial charge in [-0.05, 0) is 42.0 Å². The first kappa shape index (κ1) is 12.9. The summed E-state index contributed by atoms with van der Waals surface area (Å²) in [5.74, 6) is 0. The molecule has 0 aliphatic rings. The van der Waals surface area contributed by atoms with Crippen LogP contribution in [-0.4, -0.2) is 0 Å². The fourth-order valence-corrected chi connectivity index (χ4v) is 2.74. The molecule has 0 bridgehead atoms. The molecule has 1 heterocycles. The van der Waals surface area contributed by atoms with Gasteiger partial charge in [0.25, 0.3) is 0 Å². The predicted octanol–water partition coefficient (Wildman–Crippen LogP) is 4.20. The minimum Gasteiger partial charge on any atom is -0.200 e. The number of rotatable bonds is 2. The standard InChI is InChI=1S/C19H20N/c1-4-15-9-10-16-12-19(20(3)13-17(16)11-15)18-8-6-5-7-14(18)2/h5-13H,4H2,1-3H3/q+1. The fraction of sp³-hybridized carbons (Fsp3) is 0.211. The summed E-state index contributed by atoms with van der Waals surface area (Å²) >= 11 is 0. The van der Waals surface area contributed by atoms with Crippen LogP contribution in [0.1, 0.15) is 18.1 Å². The second-order valence-corrected chi connectivity index (χ2v) is 5.40. The number of hydrogen-bond acceptors (Lipinski definition) is 0. The van der Waals surface area contributed by atoms with Crippen molar-refractivity contribution in [2.24, 2.45) is 7.05 Å². The van der Waals surface area contributed by atoms with Gasteiger partial charge >= 0.3 is 0 Å². The summed E-state index contributed by atoms with van der Waals surface area (Å²) < 4.78 is 2.23. The highest BCUT2D eigenvalue weighted by molar-refractivity contribution is 5.84. The topological polar surface area (TPSA) is 3.88 Å². The van der Waals surface area contributed by atoms with Crippen LogP contribution in [0.2, 0.25) is 0 Å². The zero-order valence-corrected chi connectivity index (χ0v) is 12.4. The molecule has 100 valence electrons. The average Bonchev–Trinajstić information content (AvgIpc) is 2.47. The second-order valence-electron chi connectivity index (χ2n) is 5.40. The average molecular weight is 262 g/mol. The lowest BCUT2D eigenvalue weighted by Crippen LogP contribution is -2.30. The van der Waals surface area contributed by atoms with Gasteiger partial charge in [-0.3, -0.25) is 0 Å². The van der Waals surface area contributed by atoms with Gasteiger partial charge in [-0.15, -0.1) is 0 Å². The molecule has 3 rings (SSSR count). The van der Waals surface area contributed by atoms with Crippen molar-refractivity contribution in [1.29, 1.82) is 0 Å². The van der Waals surface area contributed by atoms with E-state index in [4.69, 9.17) is 0 Å². The SMILES string of the molecule is CCc1ccc2cc(-c3ccccc3C)[n+](C)cc2c1. The van der Waals surface area contributed by atoms with E-state index in [0.29, 0.717) is 0 Å². The molecule has 0 fully saturated rings. The molecule has 0 aliphatic heterocycles. The molecule has 0 N–H and O–H groups in total. The summed E-state index contributed by atoms with van der Waals surface area (Å²) in [6.07, 6.45) is 3.31. The van der Waals surface area contributed by atoms with E-state index < -0.39 is 0 Å². The molecule has 0 unspecified atom stereocenters. The molecule has 0 aliphatic carbocycles. The number of aryl methyl sites for hydroxylation is 3. The molecule has 1 aromatic heterocycles. The second kappa shape index (κ2) is 5.09. The fourth-order valence-electron chi connectivity index (χ4n) is 2.74. The Balaban J connectivity index is 2.23. The Morgan fingerprint density at radius 2 is 1.75 bits per heavy atom. The van der Waals surface area contributed by atoms with E-state index in [1.54, 1.807) is 0 Å². The Bertz CT molecular complexity index is 772. The molecule has 0 radical (unpaired) electrons. The van der Waals surface area contributed by atoms with E-state index in [2.05, 4.69) is 80.2 Å². The number of pyridine rings is 1. The van der Waals surface area contributed by atoms with Gasteiger partial charge < -0.3 is 0 Å². The summed E-state index contributed by atoms with van der Waals surface area (Å²) in [5, 5.41) is 2.61. The van der Waals surface area contributed by atoms with Crippen molar-refractivity contribution in [2.75, 3.05) is 0 Å². The first-order valence-corrected chi connectivity index (χ1v) is 7.17. The van der Waals surface area contributed by atoms with Crippen molar-refractivity contribution < 1.29 is 4.57 Å². The molecule has 0 saturated carbocycles. The molecule has 0 atom stereocenters. The highest BCUT2D eigenvalue weighted by Gasteiger charge is 2.13. The summed E-state index contributed by atoms with van der Waals surface area (Å²) in [6, 6.07) is 17.6. The van der Waals surface area contributed by atoms with Crippen molar-refractivity contribution in [2.45, 2.75) is 20.3 Å². The number of nitrogens with zero attached hydrogens (tertiary/aromatic N) is 1. The van der Waals surface area contributed by atoms with E-state index in [1.165, 1.54) is 33.2 Å². The third-order valence-electron chi connectivity index (χ3n) is 3.99. The van der Waals surface area contributed by atoms with Crippen molar-refractivity contribution in [1.82, 2.24) is 0 Å². The van der Waals surface area contributed by atoms with Gasteiger partial charge in [-0.1, -0.05) is 37.3 Å². The first-order chi connectivity index (χ1) is 9.69. The molecule has 1 nitrogen and oxygen atoms in total. The van der Waals surface area contributed by atoms with Crippen LogP contribution in [0.25, 0.3) is 22.0 Å². The maximum Gasteiger partial charge on any atom is 0.213 e. The Hall–Kier alpha value is -2.15. The maximum atomic E-state index is 2.29. The third-order valence-corrected chi connectivity index (χ3v) is 3.99. The van der Waals surface area contributed by atoms with Crippen LogP contribution in [0, 0.1) is 6.92 Å². The van der Waals surface area contributed by atoms with Crippen molar-refractivity contribution in [3.63, 3.8) is 0 Å². The van der Waals surface area contributed by atoms with Crippen molar-refractivity contribution in [3.8, 4) is 11.3 Å². The van der Waals surface area contributed by atoms with E-state index >= 15 is 0 Å². The van der Waals surface area contributed by atoms with Crippen LogP contribution >= 0.6 is 0 Å². The Kier molecular flexibility index (Phi) is 3.27. The third kappa shape index (κ3) is 2.20. The lowest BCUT2D eigenvalue weighted by Gasteiger charge is -2.06. The van der Waals surface area contributed by atoms with Crippen LogP contribution < -0.4 is 4.57 Å². The zero-order chi connectivity index (χ0) is 14.1. The lowest BCUT2D eigenvalue weighted by atomic mass is 10.0. The van der Waals surface area contributed by atoms with Crippen LogP contribution in [-0.2, 0) is 13.5 Å². The monoisotopic (exact) mass is 262 g/mol. The summed E-state index contributed by atoms with van der Waals surface area (Å²) in [4.78, 5) is 0. The Morgan fingerprint density at radius 1 is 0.950 bits per heavy atom. The van der Waals surface area contributed by atoms with Crippen molar-refractivity contribution in [3.05, 3.63) is 65.9 Å². The number of aromatic nitrogens is 1. The Morgan fingerprint density at radius 3 is 2.50 bits per heavy atom. The summed E-state index contributed by atoms with van der Waals surface area (Å²) in [6.45, 7) is 4.36. The molecule has 0 spiro atoms. The van der Waals surface area contributed by atoms with Crippen LogP contribution in [0.3, 0.4) is 0 Å². The van der Waals surface area contributed by atoms with Gasteiger partial charge in [0.15, 0.2) is 6.20 Å². The number of benzene rings is 2. The molecule has 1 heteroatoms. The van der Waals surface area contributed by atoms with Gasteiger partial charge in [0.05, 0.1) is 0 Å². The molecular weight excluding hydrogens is 242 g/mol. The smallest absolute Gasteiger partial charge is 0.200 e. The molecular formula is C19H20N+. The van der Waals surface area contributed by atoms with E-state index in [-0.39, 0.29) is 0 Å². The quantitative estimate of drug-likeness (QED) is 0.609. The zero-order valence-electron chi connectivity index (χ0n) is 12.4. The van der Waals surface area contributed by atoms with Crippen molar-refractivity contribution >= 4 is 10.8 Å². The minimum atomic E-state index is 1.08. The Labute approximate surface area is 120 Å². The van der Waals surface area contributed by atoms with Gasteiger partial charge in [0, 0.05) is 17.0 Å². The van der Waals surface area contributed by atoms with Gasteiger partial charge in [0.1, 0.15) is 7.05 Å². The molecule has 2 aromatic carbocycles. The molecule has 3 aromatic rings. The lowest BCUT2D eigenvalue weighted by molar-refractivity contribution is -0.659. The summed E-state index contributed by atoms with van der Waals surface area (Å²) in [5.41, 5.74) is 5.27. The molecule has 0 saturated heterocycles. The van der Waals surface area contributed by atoms with E-state index in [9.17, 15) is 0 Å². The minimum absolute atomic E-state index is 1.08. The predicted molar refractivity (Wildman–Crippen MR) is 84.7 cm³/mol. The number of fused-ring (bicyclic) bond motifs is 1. The van der Waals surface area contributed by atoms with Gasteiger partial charge in [-0.2, -0.15) is 0 Å². The van der Waals surface area contributed by atoms with Crippen LogP contribution in [0.5, 0.6) is 0 Å². The normalized spacial score (nSPS) is 10.9. The molecule has 20 heavy (non-hydrogen) atoms. The first-order valence-electron chi connectivity index (χ1n) is 7.17. The van der Waals surface area contributed by atoms with E-state index in [1.807, 2.05) is 0 Å². The summed E-state index contributed by atoms with van der Waals surface area (Å²) in [7, 11) is 2.12.